The van der Waals surface area contributed by atoms with Crippen molar-refractivity contribution in [2.45, 2.75) is 0 Å². The van der Waals surface area contributed by atoms with Gasteiger partial charge in [-0.05, 0) is 53.4 Å². The summed E-state index contributed by atoms with van der Waals surface area (Å²) in [5, 5.41) is 3.52. The summed E-state index contributed by atoms with van der Waals surface area (Å²) in [6, 6.07) is 42.4. The minimum Gasteiger partial charge on any atom is -0.309 e. The van der Waals surface area contributed by atoms with Crippen LogP contribution >= 0.6 is 0 Å². The number of rotatable bonds is 3. The summed E-state index contributed by atoms with van der Waals surface area (Å²) in [6.07, 6.45) is 3.64. The van der Waals surface area contributed by atoms with E-state index in [1.807, 2.05) is 36.5 Å². The van der Waals surface area contributed by atoms with Crippen LogP contribution < -0.4 is 4.90 Å². The third-order valence-electron chi connectivity index (χ3n) is 7.46. The van der Waals surface area contributed by atoms with Crippen molar-refractivity contribution in [3.63, 3.8) is 0 Å². The van der Waals surface area contributed by atoms with Gasteiger partial charge in [0.25, 0.3) is 0 Å². The molecule has 0 atom stereocenters. The molecule has 182 valence electrons. The minimum absolute atomic E-state index is 0.693. The zero-order chi connectivity index (χ0) is 25.8. The Morgan fingerprint density at radius 1 is 0.564 bits per heavy atom. The Labute approximate surface area is 225 Å². The lowest BCUT2D eigenvalue weighted by molar-refractivity contribution is 1.21. The number of anilines is 3. The van der Waals surface area contributed by atoms with Gasteiger partial charge in [-0.1, -0.05) is 78.9 Å². The molecule has 0 radical (unpaired) electrons. The SMILES string of the molecule is c1cncc(-c2nc(-c3cccc(N4c5ccccc5-c5cccc6cccc4c56)c3)nc3ccccc23)c1. The molecule has 0 N–H and O–H groups in total. The first kappa shape index (κ1) is 21.7. The standard InChI is InChI=1S/C35H22N4/c1-3-17-30-29(15-1)34(25-12-8-20-36-22-25)38-35(37-30)24-11-5-13-26(21-24)39-31-18-4-2-14-27(31)28-16-6-9-23-10-7-19-32(39)33(23)28/h1-22H. The third kappa shape index (κ3) is 3.42. The molecule has 0 saturated heterocycles. The van der Waals surface area contributed by atoms with Gasteiger partial charge in [0.1, 0.15) is 0 Å². The van der Waals surface area contributed by atoms with E-state index < -0.39 is 0 Å². The zero-order valence-corrected chi connectivity index (χ0v) is 21.0. The lowest BCUT2D eigenvalue weighted by Crippen LogP contribution is -2.15. The zero-order valence-electron chi connectivity index (χ0n) is 21.0. The van der Waals surface area contributed by atoms with Crippen LogP contribution in [-0.4, -0.2) is 15.0 Å². The van der Waals surface area contributed by atoms with E-state index in [2.05, 4.69) is 101 Å². The highest BCUT2D eigenvalue weighted by atomic mass is 15.2. The van der Waals surface area contributed by atoms with Crippen molar-refractivity contribution in [3.8, 4) is 33.8 Å². The smallest absolute Gasteiger partial charge is 0.160 e. The number of nitrogens with zero attached hydrogens (tertiary/aromatic N) is 4. The Morgan fingerprint density at radius 2 is 1.33 bits per heavy atom. The molecule has 4 nitrogen and oxygen atoms in total. The van der Waals surface area contributed by atoms with Gasteiger partial charge in [0, 0.05) is 45.5 Å². The molecule has 3 heterocycles. The molecule has 1 aliphatic rings. The second-order valence-corrected chi connectivity index (χ2v) is 9.74. The number of pyridine rings is 1. The molecule has 39 heavy (non-hydrogen) atoms. The van der Waals surface area contributed by atoms with Gasteiger partial charge in [-0.2, -0.15) is 0 Å². The number of hydrogen-bond acceptors (Lipinski definition) is 4. The molecule has 8 rings (SSSR count). The van der Waals surface area contributed by atoms with Crippen LogP contribution in [0.25, 0.3) is 55.4 Å². The van der Waals surface area contributed by atoms with E-state index in [9.17, 15) is 0 Å². The highest BCUT2D eigenvalue weighted by Crippen LogP contribution is 2.50. The first-order valence-electron chi connectivity index (χ1n) is 13.0. The Bertz CT molecular complexity index is 2030. The summed E-state index contributed by atoms with van der Waals surface area (Å²) in [5.41, 5.74) is 9.64. The van der Waals surface area contributed by atoms with E-state index in [1.165, 1.54) is 27.6 Å². The molecule has 0 aliphatic carbocycles. The molecule has 4 heteroatoms. The van der Waals surface area contributed by atoms with Crippen LogP contribution in [0, 0.1) is 0 Å². The van der Waals surface area contributed by atoms with Gasteiger partial charge in [-0.15, -0.1) is 0 Å². The molecular formula is C35H22N4. The van der Waals surface area contributed by atoms with Gasteiger partial charge in [0.15, 0.2) is 5.82 Å². The molecule has 7 aromatic rings. The van der Waals surface area contributed by atoms with E-state index in [0.29, 0.717) is 5.82 Å². The number of benzene rings is 5. The van der Waals surface area contributed by atoms with Crippen molar-refractivity contribution < 1.29 is 0 Å². The average Bonchev–Trinajstić information content (AvgIpc) is 3.01. The van der Waals surface area contributed by atoms with Crippen molar-refractivity contribution in [3.05, 3.63) is 134 Å². The molecule has 0 saturated carbocycles. The number of aromatic nitrogens is 3. The van der Waals surface area contributed by atoms with Gasteiger partial charge >= 0.3 is 0 Å². The maximum absolute atomic E-state index is 5.08. The number of para-hydroxylation sites is 2. The van der Waals surface area contributed by atoms with Crippen molar-refractivity contribution in [2.24, 2.45) is 0 Å². The third-order valence-corrected chi connectivity index (χ3v) is 7.46. The molecule has 5 aromatic carbocycles. The summed E-state index contributed by atoms with van der Waals surface area (Å²) in [4.78, 5) is 16.8. The van der Waals surface area contributed by atoms with Gasteiger partial charge in [-0.3, -0.25) is 4.98 Å². The van der Waals surface area contributed by atoms with Gasteiger partial charge in [0.2, 0.25) is 0 Å². The van der Waals surface area contributed by atoms with Gasteiger partial charge in [0.05, 0.1) is 22.6 Å². The Hall–Kier alpha value is -5.35. The maximum Gasteiger partial charge on any atom is 0.160 e. The second kappa shape index (κ2) is 8.61. The Morgan fingerprint density at radius 3 is 2.26 bits per heavy atom. The molecule has 0 spiro atoms. The molecular weight excluding hydrogens is 476 g/mol. The number of hydrogen-bond donors (Lipinski definition) is 0. The lowest BCUT2D eigenvalue weighted by Gasteiger charge is -2.33. The first-order chi connectivity index (χ1) is 19.3. The Balaban J connectivity index is 1.34. The molecule has 0 bridgehead atoms. The van der Waals surface area contributed by atoms with Crippen molar-refractivity contribution in [2.75, 3.05) is 4.90 Å². The largest absolute Gasteiger partial charge is 0.309 e. The predicted octanol–water partition coefficient (Wildman–Crippen LogP) is 8.96. The molecule has 0 unspecified atom stereocenters. The fourth-order valence-electron chi connectivity index (χ4n) is 5.75. The summed E-state index contributed by atoms with van der Waals surface area (Å²) < 4.78 is 0. The van der Waals surface area contributed by atoms with Gasteiger partial charge in [-0.25, -0.2) is 9.97 Å². The maximum atomic E-state index is 5.08. The van der Waals surface area contributed by atoms with E-state index in [-0.39, 0.29) is 0 Å². The molecule has 2 aromatic heterocycles. The molecule has 0 fully saturated rings. The summed E-state index contributed by atoms with van der Waals surface area (Å²) >= 11 is 0. The normalized spacial score (nSPS) is 12.1. The van der Waals surface area contributed by atoms with Crippen LogP contribution in [0.1, 0.15) is 0 Å². The van der Waals surface area contributed by atoms with Crippen molar-refractivity contribution >= 4 is 38.7 Å². The van der Waals surface area contributed by atoms with Crippen LogP contribution in [0.2, 0.25) is 0 Å². The first-order valence-corrected chi connectivity index (χ1v) is 13.0. The van der Waals surface area contributed by atoms with Crippen LogP contribution in [0.3, 0.4) is 0 Å². The van der Waals surface area contributed by atoms with E-state index in [4.69, 9.17) is 9.97 Å². The Kier molecular flexibility index (Phi) is 4.79. The summed E-state index contributed by atoms with van der Waals surface area (Å²) in [5.74, 6) is 0.693. The lowest BCUT2D eigenvalue weighted by atomic mass is 9.91. The van der Waals surface area contributed by atoms with Crippen LogP contribution in [0.5, 0.6) is 0 Å². The van der Waals surface area contributed by atoms with Crippen LogP contribution in [0.15, 0.2) is 134 Å². The molecule has 0 amide bonds. The number of fused-ring (bicyclic) bond motifs is 3. The summed E-state index contributed by atoms with van der Waals surface area (Å²) in [7, 11) is 0. The van der Waals surface area contributed by atoms with E-state index in [1.54, 1.807) is 6.20 Å². The molecule has 1 aliphatic heterocycles. The highest BCUT2D eigenvalue weighted by Gasteiger charge is 2.25. The minimum atomic E-state index is 0.693. The van der Waals surface area contributed by atoms with E-state index >= 15 is 0 Å². The quantitative estimate of drug-likeness (QED) is 0.244. The van der Waals surface area contributed by atoms with E-state index in [0.717, 1.165) is 39.1 Å². The van der Waals surface area contributed by atoms with Crippen LogP contribution in [-0.2, 0) is 0 Å². The van der Waals surface area contributed by atoms with Crippen molar-refractivity contribution in [1.29, 1.82) is 0 Å². The van der Waals surface area contributed by atoms with Crippen molar-refractivity contribution in [1.82, 2.24) is 15.0 Å². The fraction of sp³-hybridized carbons (Fsp3) is 0. The fourth-order valence-corrected chi connectivity index (χ4v) is 5.75. The monoisotopic (exact) mass is 498 g/mol. The topological polar surface area (TPSA) is 41.9 Å². The van der Waals surface area contributed by atoms with Crippen LogP contribution in [0.4, 0.5) is 17.1 Å². The second-order valence-electron chi connectivity index (χ2n) is 9.74. The highest BCUT2D eigenvalue weighted by molar-refractivity contribution is 6.13. The van der Waals surface area contributed by atoms with Gasteiger partial charge < -0.3 is 4.90 Å². The summed E-state index contributed by atoms with van der Waals surface area (Å²) in [6.45, 7) is 0. The predicted molar refractivity (Wildman–Crippen MR) is 159 cm³/mol. The average molecular weight is 499 g/mol.